The van der Waals surface area contributed by atoms with E-state index in [-0.39, 0.29) is 38.6 Å². The maximum absolute atomic E-state index is 11.9. The van der Waals surface area contributed by atoms with E-state index < -0.39 is 23.9 Å². The lowest BCUT2D eigenvalue weighted by Gasteiger charge is -2.16. The quantitative estimate of drug-likeness (QED) is 0.0682. The minimum atomic E-state index is -0.701. The van der Waals surface area contributed by atoms with E-state index in [1.807, 2.05) is 6.08 Å². The van der Waals surface area contributed by atoms with Gasteiger partial charge in [-0.3, -0.25) is 9.59 Å². The van der Waals surface area contributed by atoms with Crippen molar-refractivity contribution in [3.63, 3.8) is 0 Å². The summed E-state index contributed by atoms with van der Waals surface area (Å²) in [6.45, 7) is 6.77. The second-order valence-electron chi connectivity index (χ2n) is 10.6. The van der Waals surface area contributed by atoms with Gasteiger partial charge in [0.05, 0.1) is 112 Å². The van der Waals surface area contributed by atoms with Gasteiger partial charge < -0.3 is 52.8 Å². The highest BCUT2D eigenvalue weighted by atomic mass is 16.7. The maximum Gasteiger partial charge on any atom is 0.407 e. The molecule has 1 N–H and O–H groups in total. The Morgan fingerprint density at radius 2 is 1.08 bits per heavy atom. The van der Waals surface area contributed by atoms with Gasteiger partial charge in [0.1, 0.15) is 6.10 Å². The molecule has 0 unspecified atom stereocenters. The van der Waals surface area contributed by atoms with Crippen LogP contribution in [0, 0.1) is 0 Å². The van der Waals surface area contributed by atoms with E-state index >= 15 is 0 Å². The first-order valence-electron chi connectivity index (χ1n) is 16.9. The maximum atomic E-state index is 11.9. The van der Waals surface area contributed by atoms with Crippen molar-refractivity contribution in [1.29, 1.82) is 0 Å². The van der Waals surface area contributed by atoms with Crippen LogP contribution in [0.2, 0.25) is 0 Å². The Morgan fingerprint density at radius 1 is 0.625 bits per heavy atom. The van der Waals surface area contributed by atoms with Crippen molar-refractivity contribution < 1.29 is 66.6 Å². The third kappa shape index (κ3) is 22.8. The Kier molecular flexibility index (Phi) is 25.3. The number of amides is 3. The first-order valence-corrected chi connectivity index (χ1v) is 16.9. The second-order valence-corrected chi connectivity index (χ2v) is 10.6. The molecule has 16 nitrogen and oxygen atoms in total. The molecule has 0 spiro atoms. The summed E-state index contributed by atoms with van der Waals surface area (Å²) in [6.07, 6.45) is 8.89. The zero-order valence-electron chi connectivity index (χ0n) is 28.1. The van der Waals surface area contributed by atoms with Gasteiger partial charge in [-0.2, -0.15) is 0 Å². The summed E-state index contributed by atoms with van der Waals surface area (Å²) in [5, 5.41) is 3.23. The molecule has 1 saturated heterocycles. The summed E-state index contributed by atoms with van der Waals surface area (Å²) in [6, 6.07) is 0. The highest BCUT2D eigenvalue weighted by Crippen LogP contribution is 2.14. The van der Waals surface area contributed by atoms with Crippen molar-refractivity contribution in [2.75, 3.05) is 112 Å². The van der Waals surface area contributed by atoms with Crippen molar-refractivity contribution >= 4 is 23.9 Å². The van der Waals surface area contributed by atoms with Gasteiger partial charge in [-0.25, -0.2) is 9.59 Å². The van der Waals surface area contributed by atoms with Crippen LogP contribution in [0.5, 0.6) is 0 Å². The highest BCUT2D eigenvalue weighted by molar-refractivity contribution is 6.01. The molecule has 0 aromatic heterocycles. The number of imide groups is 1. The average molecular weight is 691 g/mol. The fourth-order valence-corrected chi connectivity index (χ4v) is 4.23. The summed E-state index contributed by atoms with van der Waals surface area (Å²) in [7, 11) is 0. The third-order valence-electron chi connectivity index (χ3n) is 6.74. The average Bonchev–Trinajstić information content (AvgIpc) is 3.37. The van der Waals surface area contributed by atoms with E-state index in [1.165, 1.54) is 12.8 Å². The van der Waals surface area contributed by atoms with Gasteiger partial charge in [-0.05, 0) is 31.8 Å². The first kappa shape index (κ1) is 41.5. The van der Waals surface area contributed by atoms with E-state index in [9.17, 15) is 19.2 Å². The van der Waals surface area contributed by atoms with Crippen LogP contribution in [0.1, 0.15) is 51.4 Å². The molecule has 1 heterocycles. The van der Waals surface area contributed by atoms with Gasteiger partial charge in [0.15, 0.2) is 0 Å². The Bertz CT molecular complexity index is 890. The number of alkyl carbamates (subject to hydrolysis) is 1. The van der Waals surface area contributed by atoms with Crippen molar-refractivity contribution in [2.24, 2.45) is 0 Å². The summed E-state index contributed by atoms with van der Waals surface area (Å²) < 4.78 is 48.8. The summed E-state index contributed by atoms with van der Waals surface area (Å²) in [5.41, 5.74) is 0. The number of rotatable bonds is 29. The van der Waals surface area contributed by atoms with Crippen molar-refractivity contribution in [2.45, 2.75) is 57.5 Å². The number of nitrogens with zero attached hydrogens (tertiary/aromatic N) is 1. The largest absolute Gasteiger partial charge is 0.442 e. The van der Waals surface area contributed by atoms with Gasteiger partial charge in [0, 0.05) is 19.4 Å². The molecule has 1 aliphatic carbocycles. The Morgan fingerprint density at radius 3 is 1.58 bits per heavy atom. The third-order valence-corrected chi connectivity index (χ3v) is 6.74. The number of carbonyl (C=O) groups is 4. The van der Waals surface area contributed by atoms with Gasteiger partial charge in [-0.1, -0.05) is 12.5 Å². The van der Waals surface area contributed by atoms with E-state index in [2.05, 4.69) is 11.4 Å². The zero-order chi connectivity index (χ0) is 34.3. The molecule has 16 heteroatoms. The van der Waals surface area contributed by atoms with Crippen LogP contribution in [-0.2, 0) is 61.9 Å². The molecular weight excluding hydrogens is 636 g/mol. The molecule has 2 rings (SSSR count). The number of hydrogen-bond donors (Lipinski definition) is 1. The number of hydroxylamine groups is 2. The van der Waals surface area contributed by atoms with Crippen LogP contribution in [0.25, 0.3) is 0 Å². The van der Waals surface area contributed by atoms with E-state index in [1.54, 1.807) is 0 Å². The molecule has 0 aromatic carbocycles. The molecule has 0 aromatic rings. The molecule has 3 amide bonds. The molecule has 1 fully saturated rings. The number of allylic oxidation sites excluding steroid dienone is 1. The normalized spacial score (nSPS) is 17.2. The summed E-state index contributed by atoms with van der Waals surface area (Å²) >= 11 is 0. The molecule has 0 radical (unpaired) electrons. The molecule has 276 valence electrons. The molecule has 48 heavy (non-hydrogen) atoms. The van der Waals surface area contributed by atoms with Crippen LogP contribution < -0.4 is 5.32 Å². The van der Waals surface area contributed by atoms with Crippen LogP contribution >= 0.6 is 0 Å². The lowest BCUT2D eigenvalue weighted by molar-refractivity contribution is -0.198. The molecular formula is C32H54N2O14. The summed E-state index contributed by atoms with van der Waals surface area (Å²) in [4.78, 5) is 51.1. The molecule has 0 saturated carbocycles. The van der Waals surface area contributed by atoms with Crippen molar-refractivity contribution in [3.05, 3.63) is 12.2 Å². The zero-order valence-corrected chi connectivity index (χ0v) is 28.1. The van der Waals surface area contributed by atoms with Crippen LogP contribution in [0.15, 0.2) is 12.2 Å². The van der Waals surface area contributed by atoms with Crippen molar-refractivity contribution in [3.8, 4) is 0 Å². The number of carbonyl (C=O) groups excluding carboxylic acids is 4. The van der Waals surface area contributed by atoms with Crippen LogP contribution in [-0.4, -0.2) is 147 Å². The monoisotopic (exact) mass is 690 g/mol. The summed E-state index contributed by atoms with van der Waals surface area (Å²) in [5.74, 6) is -1.72. The molecule has 0 bridgehead atoms. The predicted octanol–water partition coefficient (Wildman–Crippen LogP) is 1.73. The second kappa shape index (κ2) is 29.2. The van der Waals surface area contributed by atoms with Gasteiger partial charge in [-0.15, -0.1) is 5.06 Å². The molecule has 2 aliphatic rings. The fraction of sp³-hybridized carbons (Fsp3) is 0.812. The van der Waals surface area contributed by atoms with Crippen molar-refractivity contribution in [1.82, 2.24) is 10.4 Å². The predicted molar refractivity (Wildman–Crippen MR) is 169 cm³/mol. The van der Waals surface area contributed by atoms with Gasteiger partial charge in [0.2, 0.25) is 0 Å². The number of nitrogens with one attached hydrogen (secondary N) is 1. The van der Waals surface area contributed by atoms with E-state index in [4.69, 9.17) is 47.5 Å². The topological polar surface area (TPSA) is 176 Å². The smallest absolute Gasteiger partial charge is 0.407 e. The Labute approximate surface area is 282 Å². The molecule has 1 aliphatic heterocycles. The van der Waals surface area contributed by atoms with E-state index in [0.717, 1.165) is 19.3 Å². The molecule has 1 atom stereocenters. The highest BCUT2D eigenvalue weighted by Gasteiger charge is 2.32. The minimum Gasteiger partial charge on any atom is -0.442 e. The standard InChI is InChI=1S/C32H54N2O14/c35-29-8-9-30(36)34(29)48-31(37)10-12-39-14-16-41-18-20-43-22-24-45-26-27-46-25-23-44-21-19-42-17-15-40-13-11-33-32(38)47-28-6-4-2-1-3-5-7-28/h4,6,28H,1-3,5,7-27H2,(H,33,38)/b6-4-/t28-/m1/s1. The van der Waals surface area contributed by atoms with E-state index in [0.29, 0.717) is 104 Å². The SMILES string of the molecule is O=C(CCOCCOCCOCCOCCOCCOCCOCCOCCNC(=O)O[C@@H]1/C=C\CCCCC1)ON1C(=O)CCC1=O. The lowest BCUT2D eigenvalue weighted by Crippen LogP contribution is -2.32. The lowest BCUT2D eigenvalue weighted by atomic mass is 10.0. The first-order chi connectivity index (χ1) is 23.6. The fourth-order valence-electron chi connectivity index (χ4n) is 4.23. The van der Waals surface area contributed by atoms with Gasteiger partial charge in [0.25, 0.3) is 11.8 Å². The van der Waals surface area contributed by atoms with Crippen LogP contribution in [0.4, 0.5) is 4.79 Å². The Hall–Kier alpha value is -2.70. The number of hydrogen-bond acceptors (Lipinski definition) is 14. The number of ether oxygens (including phenoxy) is 9. The van der Waals surface area contributed by atoms with Gasteiger partial charge >= 0.3 is 12.1 Å². The minimum absolute atomic E-state index is 0.0577. The van der Waals surface area contributed by atoms with Crippen LogP contribution in [0.3, 0.4) is 0 Å². The Balaban J connectivity index is 1.19.